The summed E-state index contributed by atoms with van der Waals surface area (Å²) in [6.45, 7) is 10.3. The number of aromatic nitrogens is 2. The molecule has 2 N–H and O–H groups in total. The zero-order valence-electron chi connectivity index (χ0n) is 19.7. The highest BCUT2D eigenvalue weighted by molar-refractivity contribution is 7.80. The third-order valence-corrected chi connectivity index (χ3v) is 6.31. The van der Waals surface area contributed by atoms with Crippen LogP contribution in [-0.4, -0.2) is 61.6 Å². The van der Waals surface area contributed by atoms with Gasteiger partial charge in [0.15, 0.2) is 5.11 Å². The summed E-state index contributed by atoms with van der Waals surface area (Å²) >= 11 is 5.55. The zero-order chi connectivity index (χ0) is 23.2. The van der Waals surface area contributed by atoms with Crippen LogP contribution >= 0.6 is 12.2 Å². The molecule has 2 atom stereocenters. The minimum Gasteiger partial charge on any atom is -0.497 e. The van der Waals surface area contributed by atoms with Gasteiger partial charge in [0.1, 0.15) is 17.4 Å². The van der Waals surface area contributed by atoms with Gasteiger partial charge in [-0.1, -0.05) is 26.0 Å². The summed E-state index contributed by atoms with van der Waals surface area (Å²) in [4.78, 5) is 14.3. The van der Waals surface area contributed by atoms with Gasteiger partial charge in [-0.2, -0.15) is 9.97 Å². The van der Waals surface area contributed by atoms with Crippen LogP contribution in [0.5, 0.6) is 5.75 Å². The first kappa shape index (κ1) is 23.5. The van der Waals surface area contributed by atoms with Gasteiger partial charge in [-0.05, 0) is 48.2 Å². The number of morpholine rings is 1. The smallest absolute Gasteiger partial charge is 0.232 e. The summed E-state index contributed by atoms with van der Waals surface area (Å²) in [7, 11) is 1.66. The fourth-order valence-corrected chi connectivity index (χ4v) is 4.68. The lowest BCUT2D eigenvalue weighted by molar-refractivity contribution is 0.122. The van der Waals surface area contributed by atoms with Gasteiger partial charge in [-0.3, -0.25) is 0 Å². The molecule has 1 aromatic heterocycles. The predicted molar refractivity (Wildman–Crippen MR) is 136 cm³/mol. The lowest BCUT2D eigenvalue weighted by Crippen LogP contribution is -2.40. The Labute approximate surface area is 201 Å². The number of ether oxygens (including phenoxy) is 2. The van der Waals surface area contributed by atoms with Crippen molar-refractivity contribution in [2.24, 2.45) is 11.8 Å². The third-order valence-electron chi connectivity index (χ3n) is 6.06. The molecule has 2 saturated heterocycles. The Kier molecular flexibility index (Phi) is 7.82. The van der Waals surface area contributed by atoms with Gasteiger partial charge in [0.2, 0.25) is 5.95 Å². The van der Waals surface area contributed by atoms with Crippen LogP contribution in [0, 0.1) is 11.8 Å². The molecule has 2 aromatic rings. The van der Waals surface area contributed by atoms with Gasteiger partial charge in [-0.25, -0.2) is 0 Å². The molecule has 0 bridgehead atoms. The van der Waals surface area contributed by atoms with Crippen LogP contribution in [-0.2, 0) is 11.3 Å². The minimum atomic E-state index is 0.497. The molecule has 9 heteroatoms. The predicted octanol–water partition coefficient (Wildman–Crippen LogP) is 3.29. The Morgan fingerprint density at radius 1 is 1.06 bits per heavy atom. The fraction of sp³-hybridized carbons (Fsp3) is 0.542. The highest BCUT2D eigenvalue weighted by atomic mass is 32.1. The van der Waals surface area contributed by atoms with E-state index < -0.39 is 0 Å². The minimum absolute atomic E-state index is 0.497. The molecule has 0 aliphatic carbocycles. The van der Waals surface area contributed by atoms with Crippen LogP contribution in [0.2, 0.25) is 0 Å². The number of methoxy groups -OCH3 is 1. The van der Waals surface area contributed by atoms with Crippen molar-refractivity contribution in [2.75, 3.05) is 61.6 Å². The third kappa shape index (κ3) is 6.45. The van der Waals surface area contributed by atoms with Crippen molar-refractivity contribution < 1.29 is 9.47 Å². The van der Waals surface area contributed by atoms with Crippen molar-refractivity contribution in [1.29, 1.82) is 0 Å². The van der Waals surface area contributed by atoms with Crippen molar-refractivity contribution in [3.8, 4) is 5.75 Å². The summed E-state index contributed by atoms with van der Waals surface area (Å²) < 4.78 is 10.7. The molecule has 0 radical (unpaired) electrons. The van der Waals surface area contributed by atoms with Crippen LogP contribution < -0.4 is 25.2 Å². The molecular formula is C24H34N6O2S. The Balaban J connectivity index is 1.48. The zero-order valence-corrected chi connectivity index (χ0v) is 20.5. The molecule has 0 saturated carbocycles. The molecule has 33 heavy (non-hydrogen) atoms. The van der Waals surface area contributed by atoms with Crippen molar-refractivity contribution in [3.63, 3.8) is 0 Å². The van der Waals surface area contributed by atoms with E-state index >= 15 is 0 Å². The number of nitrogens with one attached hydrogen (secondary N) is 2. The van der Waals surface area contributed by atoms with E-state index in [2.05, 4.69) is 40.3 Å². The van der Waals surface area contributed by atoms with Gasteiger partial charge in [0.05, 0.1) is 20.3 Å². The quantitative estimate of drug-likeness (QED) is 0.619. The number of hydrogen-bond donors (Lipinski definition) is 2. The Bertz CT molecular complexity index is 925. The molecule has 4 rings (SSSR count). The van der Waals surface area contributed by atoms with Crippen molar-refractivity contribution in [3.05, 3.63) is 35.9 Å². The van der Waals surface area contributed by atoms with Gasteiger partial charge >= 0.3 is 0 Å². The van der Waals surface area contributed by atoms with Crippen LogP contribution in [0.1, 0.15) is 25.8 Å². The molecule has 0 unspecified atom stereocenters. The van der Waals surface area contributed by atoms with E-state index in [1.165, 1.54) is 6.42 Å². The van der Waals surface area contributed by atoms with Gasteiger partial charge in [0, 0.05) is 38.8 Å². The van der Waals surface area contributed by atoms with Gasteiger partial charge in [0.25, 0.3) is 0 Å². The average molecular weight is 471 g/mol. The first-order chi connectivity index (χ1) is 16.0. The summed E-state index contributed by atoms with van der Waals surface area (Å²) in [6, 6.07) is 10.0. The standard InChI is InChI=1S/C24H34N6O2S/c1-17-12-18(2)16-30(15-17)22-13-21(29-8-10-32-11-9-29)26-23(27-22)28-24(33)25-14-19-4-6-20(31-3)7-5-19/h4-7,13,17-18H,8-12,14-16H2,1-3H3,(H2,25,26,27,28,33)/t17-,18-/m0/s1. The Morgan fingerprint density at radius 3 is 2.33 bits per heavy atom. The Hall–Kier alpha value is -2.65. The summed E-state index contributed by atoms with van der Waals surface area (Å²) in [5.74, 6) is 4.49. The normalized spacial score (nSPS) is 20.9. The van der Waals surface area contributed by atoms with E-state index in [0.29, 0.717) is 42.7 Å². The molecule has 3 heterocycles. The fourth-order valence-electron chi connectivity index (χ4n) is 4.52. The highest BCUT2D eigenvalue weighted by Gasteiger charge is 2.25. The van der Waals surface area contributed by atoms with Crippen LogP contribution in [0.25, 0.3) is 0 Å². The highest BCUT2D eigenvalue weighted by Crippen LogP contribution is 2.28. The van der Waals surface area contributed by atoms with Crippen molar-refractivity contribution >= 4 is 34.9 Å². The van der Waals surface area contributed by atoms with Crippen LogP contribution in [0.15, 0.2) is 30.3 Å². The molecule has 1 aromatic carbocycles. The summed E-state index contributed by atoms with van der Waals surface area (Å²) in [6.07, 6.45) is 1.25. The van der Waals surface area contributed by atoms with E-state index in [4.69, 9.17) is 31.7 Å². The monoisotopic (exact) mass is 470 g/mol. The molecular weight excluding hydrogens is 436 g/mol. The summed E-state index contributed by atoms with van der Waals surface area (Å²) in [5.41, 5.74) is 1.11. The van der Waals surface area contributed by atoms with Gasteiger partial charge in [-0.15, -0.1) is 0 Å². The topological polar surface area (TPSA) is 74.8 Å². The number of anilines is 3. The molecule has 0 amide bonds. The van der Waals surface area contributed by atoms with Crippen molar-refractivity contribution in [1.82, 2.24) is 15.3 Å². The number of hydrogen-bond acceptors (Lipinski definition) is 7. The van der Waals surface area contributed by atoms with E-state index in [9.17, 15) is 0 Å². The molecule has 2 aliphatic rings. The van der Waals surface area contributed by atoms with E-state index in [0.717, 1.165) is 49.1 Å². The second kappa shape index (κ2) is 11.0. The van der Waals surface area contributed by atoms with Crippen LogP contribution in [0.4, 0.5) is 17.6 Å². The largest absolute Gasteiger partial charge is 0.497 e. The number of rotatable bonds is 6. The van der Waals surface area contributed by atoms with Gasteiger partial charge < -0.3 is 29.9 Å². The second-order valence-electron chi connectivity index (χ2n) is 9.01. The molecule has 0 spiro atoms. The first-order valence-electron chi connectivity index (χ1n) is 11.6. The molecule has 178 valence electrons. The van der Waals surface area contributed by atoms with E-state index in [1.807, 2.05) is 24.3 Å². The number of nitrogens with zero attached hydrogens (tertiary/aromatic N) is 4. The maximum absolute atomic E-state index is 5.55. The number of thiocarbonyl (C=S) groups is 1. The van der Waals surface area contributed by atoms with Crippen molar-refractivity contribution in [2.45, 2.75) is 26.8 Å². The maximum atomic E-state index is 5.55. The first-order valence-corrected chi connectivity index (χ1v) is 12.1. The van der Waals surface area contributed by atoms with E-state index in [1.54, 1.807) is 7.11 Å². The SMILES string of the molecule is COc1ccc(CNC(=S)Nc2nc(N3CCOCC3)cc(N3C[C@@H](C)C[C@H](C)C3)n2)cc1. The number of piperidine rings is 1. The Morgan fingerprint density at radius 2 is 1.70 bits per heavy atom. The van der Waals surface area contributed by atoms with Crippen LogP contribution in [0.3, 0.4) is 0 Å². The number of benzene rings is 1. The molecule has 8 nitrogen and oxygen atoms in total. The maximum Gasteiger partial charge on any atom is 0.232 e. The lowest BCUT2D eigenvalue weighted by Gasteiger charge is -2.36. The lowest BCUT2D eigenvalue weighted by atomic mass is 9.92. The average Bonchev–Trinajstić information content (AvgIpc) is 2.83. The van der Waals surface area contributed by atoms with E-state index in [-0.39, 0.29) is 0 Å². The molecule has 2 aliphatic heterocycles. The summed E-state index contributed by atoms with van der Waals surface area (Å²) in [5, 5.41) is 6.95. The molecule has 2 fully saturated rings. The second-order valence-corrected chi connectivity index (χ2v) is 9.42.